The molecule has 2 heterocycles. The maximum atomic E-state index is 12.9. The lowest BCUT2D eigenvalue weighted by atomic mass is 10.1. The van der Waals surface area contributed by atoms with Gasteiger partial charge in [-0.05, 0) is 37.3 Å². The number of aryl methyl sites for hydroxylation is 1. The van der Waals surface area contributed by atoms with Crippen LogP contribution in [0.15, 0.2) is 40.9 Å². The summed E-state index contributed by atoms with van der Waals surface area (Å²) >= 11 is 0. The van der Waals surface area contributed by atoms with Gasteiger partial charge in [-0.3, -0.25) is 4.98 Å². The van der Waals surface area contributed by atoms with E-state index in [0.29, 0.717) is 11.5 Å². The van der Waals surface area contributed by atoms with Gasteiger partial charge >= 0.3 is 0 Å². The second-order valence-electron chi connectivity index (χ2n) is 4.83. The summed E-state index contributed by atoms with van der Waals surface area (Å²) in [4.78, 5) is 4.01. The number of nitrogens with two attached hydrogens (primary N) is 1. The fourth-order valence-corrected chi connectivity index (χ4v) is 2.35. The zero-order valence-corrected chi connectivity index (χ0v) is 11.8. The number of hydrogen-bond donors (Lipinski definition) is 1. The van der Waals surface area contributed by atoms with Gasteiger partial charge in [0.25, 0.3) is 0 Å². The highest BCUT2D eigenvalue weighted by Gasteiger charge is 2.20. The SMILES string of the molecule is COc1ccc2oc(C(N)c3ccc(F)cn3)c(C)c2c1. The molecule has 21 heavy (non-hydrogen) atoms. The molecule has 0 aliphatic carbocycles. The number of furan rings is 1. The summed E-state index contributed by atoms with van der Waals surface area (Å²) in [6, 6.07) is 7.94. The van der Waals surface area contributed by atoms with E-state index < -0.39 is 11.9 Å². The first-order valence-electron chi connectivity index (χ1n) is 6.54. The van der Waals surface area contributed by atoms with Crippen LogP contribution in [0.2, 0.25) is 0 Å². The lowest BCUT2D eigenvalue weighted by Gasteiger charge is -2.09. The number of fused-ring (bicyclic) bond motifs is 1. The van der Waals surface area contributed by atoms with Crippen LogP contribution in [0, 0.1) is 12.7 Å². The van der Waals surface area contributed by atoms with Crippen molar-refractivity contribution in [3.8, 4) is 5.75 Å². The molecule has 0 spiro atoms. The van der Waals surface area contributed by atoms with Crippen LogP contribution in [0.4, 0.5) is 4.39 Å². The Morgan fingerprint density at radius 2 is 2.10 bits per heavy atom. The molecule has 2 N–H and O–H groups in total. The first kappa shape index (κ1) is 13.6. The van der Waals surface area contributed by atoms with Crippen molar-refractivity contribution >= 4 is 11.0 Å². The van der Waals surface area contributed by atoms with Crippen molar-refractivity contribution in [3.63, 3.8) is 0 Å². The first-order valence-corrected chi connectivity index (χ1v) is 6.54. The van der Waals surface area contributed by atoms with E-state index >= 15 is 0 Å². The molecule has 1 unspecified atom stereocenters. The van der Waals surface area contributed by atoms with Crippen molar-refractivity contribution < 1.29 is 13.5 Å². The van der Waals surface area contributed by atoms with Crippen LogP contribution in [0.25, 0.3) is 11.0 Å². The number of rotatable bonds is 3. The number of benzene rings is 1. The number of halogens is 1. The van der Waals surface area contributed by atoms with E-state index in [9.17, 15) is 4.39 Å². The van der Waals surface area contributed by atoms with Gasteiger partial charge < -0.3 is 14.9 Å². The van der Waals surface area contributed by atoms with Crippen molar-refractivity contribution in [1.82, 2.24) is 4.98 Å². The molecule has 0 aliphatic rings. The highest BCUT2D eigenvalue weighted by molar-refractivity contribution is 5.83. The molecular weight excluding hydrogens is 271 g/mol. The number of ether oxygens (including phenoxy) is 1. The van der Waals surface area contributed by atoms with E-state index in [0.717, 1.165) is 28.5 Å². The van der Waals surface area contributed by atoms with Crippen LogP contribution in [-0.4, -0.2) is 12.1 Å². The van der Waals surface area contributed by atoms with E-state index in [-0.39, 0.29) is 0 Å². The average molecular weight is 286 g/mol. The highest BCUT2D eigenvalue weighted by atomic mass is 19.1. The summed E-state index contributed by atoms with van der Waals surface area (Å²) in [6.07, 6.45) is 1.15. The third-order valence-electron chi connectivity index (χ3n) is 3.53. The van der Waals surface area contributed by atoms with Gasteiger partial charge in [-0.25, -0.2) is 4.39 Å². The second-order valence-corrected chi connectivity index (χ2v) is 4.83. The van der Waals surface area contributed by atoms with Crippen LogP contribution in [0.1, 0.15) is 23.1 Å². The minimum absolute atomic E-state index is 0.392. The van der Waals surface area contributed by atoms with E-state index in [1.807, 2.05) is 25.1 Å². The Hall–Kier alpha value is -2.40. The number of nitrogens with zero attached hydrogens (tertiary/aromatic N) is 1. The molecule has 1 atom stereocenters. The summed E-state index contributed by atoms with van der Waals surface area (Å²) in [7, 11) is 1.62. The summed E-state index contributed by atoms with van der Waals surface area (Å²) in [6.45, 7) is 1.93. The third kappa shape index (κ3) is 2.36. The Kier molecular flexibility index (Phi) is 3.35. The van der Waals surface area contributed by atoms with Crippen LogP contribution >= 0.6 is 0 Å². The maximum absolute atomic E-state index is 12.9. The Morgan fingerprint density at radius 3 is 2.76 bits per heavy atom. The van der Waals surface area contributed by atoms with Gasteiger partial charge in [0.2, 0.25) is 0 Å². The summed E-state index contributed by atoms with van der Waals surface area (Å²) in [5, 5.41) is 0.946. The molecule has 0 radical (unpaired) electrons. The molecule has 0 amide bonds. The minimum atomic E-state index is -0.538. The monoisotopic (exact) mass is 286 g/mol. The van der Waals surface area contributed by atoms with Gasteiger partial charge in [0, 0.05) is 10.9 Å². The van der Waals surface area contributed by atoms with Crippen molar-refractivity contribution in [1.29, 1.82) is 0 Å². The molecule has 108 valence electrons. The number of pyridine rings is 1. The van der Waals surface area contributed by atoms with Gasteiger partial charge in [-0.2, -0.15) is 0 Å². The molecule has 0 fully saturated rings. The number of hydrogen-bond acceptors (Lipinski definition) is 4. The van der Waals surface area contributed by atoms with Crippen LogP contribution < -0.4 is 10.5 Å². The van der Waals surface area contributed by atoms with E-state index in [2.05, 4.69) is 4.98 Å². The summed E-state index contributed by atoms with van der Waals surface area (Å²) in [5.74, 6) is 0.987. The third-order valence-corrected chi connectivity index (χ3v) is 3.53. The molecular formula is C16H15FN2O2. The standard InChI is InChI=1S/C16H15FN2O2/c1-9-12-7-11(20-2)4-6-14(12)21-16(9)15(18)13-5-3-10(17)8-19-13/h3-8,15H,18H2,1-2H3. The number of methoxy groups -OCH3 is 1. The van der Waals surface area contributed by atoms with Gasteiger partial charge in [-0.15, -0.1) is 0 Å². The largest absolute Gasteiger partial charge is 0.497 e. The lowest BCUT2D eigenvalue weighted by molar-refractivity contribution is 0.415. The molecule has 0 saturated heterocycles. The van der Waals surface area contributed by atoms with Gasteiger partial charge in [-0.1, -0.05) is 0 Å². The van der Waals surface area contributed by atoms with Crippen molar-refractivity contribution in [3.05, 3.63) is 59.4 Å². The normalized spacial score (nSPS) is 12.6. The summed E-state index contributed by atoms with van der Waals surface area (Å²) in [5.41, 5.74) is 8.42. The van der Waals surface area contributed by atoms with Crippen molar-refractivity contribution in [2.45, 2.75) is 13.0 Å². The molecule has 3 aromatic rings. The molecule has 1 aromatic carbocycles. The van der Waals surface area contributed by atoms with Gasteiger partial charge in [0.05, 0.1) is 19.0 Å². The highest BCUT2D eigenvalue weighted by Crippen LogP contribution is 2.33. The smallest absolute Gasteiger partial charge is 0.141 e. The first-order chi connectivity index (χ1) is 10.1. The van der Waals surface area contributed by atoms with Crippen molar-refractivity contribution in [2.75, 3.05) is 7.11 Å². The quantitative estimate of drug-likeness (QED) is 0.802. The Labute approximate surface area is 121 Å². The molecule has 0 bridgehead atoms. The minimum Gasteiger partial charge on any atom is -0.497 e. The fourth-order valence-electron chi connectivity index (χ4n) is 2.35. The maximum Gasteiger partial charge on any atom is 0.141 e. The van der Waals surface area contributed by atoms with Gasteiger partial charge in [0.1, 0.15) is 29.0 Å². The lowest BCUT2D eigenvalue weighted by Crippen LogP contribution is -2.13. The predicted molar refractivity (Wildman–Crippen MR) is 77.7 cm³/mol. The zero-order valence-electron chi connectivity index (χ0n) is 11.8. The Bertz CT molecular complexity index is 781. The van der Waals surface area contributed by atoms with E-state index in [4.69, 9.17) is 14.9 Å². The zero-order chi connectivity index (χ0) is 15.0. The number of aromatic nitrogens is 1. The van der Waals surface area contributed by atoms with Gasteiger partial charge in [0.15, 0.2) is 0 Å². The van der Waals surface area contributed by atoms with Crippen LogP contribution in [0.5, 0.6) is 5.75 Å². The molecule has 3 rings (SSSR count). The molecule has 5 heteroatoms. The average Bonchev–Trinajstić information content (AvgIpc) is 2.84. The molecule has 0 aliphatic heterocycles. The van der Waals surface area contributed by atoms with Crippen LogP contribution in [0.3, 0.4) is 0 Å². The second kappa shape index (κ2) is 5.18. The van der Waals surface area contributed by atoms with Crippen LogP contribution in [-0.2, 0) is 0 Å². The molecule has 0 saturated carbocycles. The van der Waals surface area contributed by atoms with E-state index in [1.165, 1.54) is 6.07 Å². The Morgan fingerprint density at radius 1 is 1.29 bits per heavy atom. The fraction of sp³-hybridized carbons (Fsp3) is 0.188. The summed E-state index contributed by atoms with van der Waals surface area (Å²) < 4.78 is 24.0. The predicted octanol–water partition coefficient (Wildman–Crippen LogP) is 3.33. The Balaban J connectivity index is 2.07. The topological polar surface area (TPSA) is 61.3 Å². The van der Waals surface area contributed by atoms with Crippen molar-refractivity contribution in [2.24, 2.45) is 5.73 Å². The molecule has 2 aromatic heterocycles. The molecule has 4 nitrogen and oxygen atoms in total. The van der Waals surface area contributed by atoms with E-state index in [1.54, 1.807) is 13.2 Å².